The number of hydrogen-bond acceptors (Lipinski definition) is 6. The summed E-state index contributed by atoms with van der Waals surface area (Å²) in [4.78, 5) is 38.0. The first-order valence-electron chi connectivity index (χ1n) is 27.4. The van der Waals surface area contributed by atoms with E-state index in [1.807, 2.05) is 0 Å². The fraction of sp³-hybridized carbons (Fsp3) is 0.746. The van der Waals surface area contributed by atoms with Gasteiger partial charge in [-0.2, -0.15) is 0 Å². The van der Waals surface area contributed by atoms with E-state index in [4.69, 9.17) is 14.2 Å². The molecule has 6 nitrogen and oxygen atoms in total. The second-order valence-corrected chi connectivity index (χ2v) is 18.1. The minimum Gasteiger partial charge on any atom is -0.462 e. The van der Waals surface area contributed by atoms with Crippen LogP contribution in [0.2, 0.25) is 0 Å². The molecule has 0 N–H and O–H groups in total. The third-order valence-corrected chi connectivity index (χ3v) is 11.7. The maximum Gasteiger partial charge on any atom is 0.306 e. The predicted molar refractivity (Wildman–Crippen MR) is 279 cm³/mol. The zero-order valence-corrected chi connectivity index (χ0v) is 42.7. The average Bonchev–Trinajstić information content (AvgIpc) is 3.30. The van der Waals surface area contributed by atoms with Crippen molar-refractivity contribution < 1.29 is 28.6 Å². The monoisotopic (exact) mass is 907 g/mol. The lowest BCUT2D eigenvalue weighted by Crippen LogP contribution is -2.30. The van der Waals surface area contributed by atoms with Crippen molar-refractivity contribution in [2.45, 2.75) is 271 Å². The standard InChI is InChI=1S/C59H102O6/c1-4-7-10-13-16-19-22-25-27-29-31-34-37-40-43-46-49-52-58(61)64-55-56(54-63-57(60)51-48-45-42-39-36-33-24-21-18-15-12-9-6-3)65-59(62)53-50-47-44-41-38-35-32-30-28-26-23-20-17-14-11-8-5-2/h7,10,16,19,21,24-25,27,31,34,40,43,56H,4-6,8-9,11-15,17-18,20,22-23,26,28-30,32-33,35-39,41-42,44-55H2,1-3H3/b10-7-,19-16-,24-21-,27-25-,34-31-,43-40-. The van der Waals surface area contributed by atoms with Crippen LogP contribution in [0, 0.1) is 0 Å². The fourth-order valence-corrected chi connectivity index (χ4v) is 7.59. The molecule has 0 aromatic carbocycles. The van der Waals surface area contributed by atoms with E-state index in [0.717, 1.165) is 83.5 Å². The van der Waals surface area contributed by atoms with E-state index in [1.165, 1.54) is 135 Å². The molecule has 0 amide bonds. The third kappa shape index (κ3) is 51.7. The summed E-state index contributed by atoms with van der Waals surface area (Å²) in [5.74, 6) is -0.957. The van der Waals surface area contributed by atoms with Crippen molar-refractivity contribution in [2.75, 3.05) is 13.2 Å². The molecule has 0 bridgehead atoms. The molecule has 0 saturated heterocycles. The zero-order valence-electron chi connectivity index (χ0n) is 42.7. The first-order chi connectivity index (χ1) is 32.0. The molecular weight excluding hydrogens is 805 g/mol. The largest absolute Gasteiger partial charge is 0.462 e. The van der Waals surface area contributed by atoms with Crippen molar-refractivity contribution in [3.05, 3.63) is 72.9 Å². The average molecular weight is 907 g/mol. The van der Waals surface area contributed by atoms with Gasteiger partial charge in [0.1, 0.15) is 13.2 Å². The van der Waals surface area contributed by atoms with Crippen LogP contribution >= 0.6 is 0 Å². The number of unbranched alkanes of at least 4 members (excludes halogenated alkanes) is 26. The van der Waals surface area contributed by atoms with Gasteiger partial charge in [-0.1, -0.05) is 235 Å². The van der Waals surface area contributed by atoms with Crippen LogP contribution < -0.4 is 0 Å². The summed E-state index contributed by atoms with van der Waals surface area (Å²) < 4.78 is 16.8. The smallest absolute Gasteiger partial charge is 0.306 e. The van der Waals surface area contributed by atoms with Crippen molar-refractivity contribution in [3.63, 3.8) is 0 Å². The summed E-state index contributed by atoms with van der Waals surface area (Å²) in [5, 5.41) is 0. The number of carbonyl (C=O) groups is 3. The predicted octanol–water partition coefficient (Wildman–Crippen LogP) is 18.2. The van der Waals surface area contributed by atoms with Crippen LogP contribution in [0.4, 0.5) is 0 Å². The van der Waals surface area contributed by atoms with Crippen LogP contribution in [0.1, 0.15) is 265 Å². The molecule has 65 heavy (non-hydrogen) atoms. The topological polar surface area (TPSA) is 78.9 Å². The van der Waals surface area contributed by atoms with Gasteiger partial charge < -0.3 is 14.2 Å². The van der Waals surface area contributed by atoms with Gasteiger partial charge in [0, 0.05) is 19.3 Å². The molecule has 1 unspecified atom stereocenters. The van der Waals surface area contributed by atoms with Gasteiger partial charge >= 0.3 is 17.9 Å². The molecule has 1 atom stereocenters. The van der Waals surface area contributed by atoms with Gasteiger partial charge in [-0.05, 0) is 83.5 Å². The Labute approximate surface area is 402 Å². The van der Waals surface area contributed by atoms with E-state index in [0.29, 0.717) is 19.3 Å². The highest BCUT2D eigenvalue weighted by Crippen LogP contribution is 2.16. The molecule has 0 aliphatic heterocycles. The second-order valence-electron chi connectivity index (χ2n) is 18.1. The van der Waals surface area contributed by atoms with E-state index >= 15 is 0 Å². The molecule has 374 valence electrons. The molecule has 0 aromatic rings. The minimum absolute atomic E-state index is 0.0955. The molecule has 6 heteroatoms. The molecule has 0 aliphatic rings. The van der Waals surface area contributed by atoms with Crippen LogP contribution in [0.5, 0.6) is 0 Å². The summed E-state index contributed by atoms with van der Waals surface area (Å²) in [7, 11) is 0. The van der Waals surface area contributed by atoms with Crippen LogP contribution in [-0.4, -0.2) is 37.2 Å². The van der Waals surface area contributed by atoms with Crippen LogP contribution in [0.15, 0.2) is 72.9 Å². The highest BCUT2D eigenvalue weighted by molar-refractivity contribution is 5.71. The van der Waals surface area contributed by atoms with Gasteiger partial charge in [0.25, 0.3) is 0 Å². The molecule has 0 heterocycles. The minimum atomic E-state index is -0.799. The molecule has 0 saturated carbocycles. The quantitative estimate of drug-likeness (QED) is 0.0262. The van der Waals surface area contributed by atoms with Gasteiger partial charge in [-0.15, -0.1) is 0 Å². The van der Waals surface area contributed by atoms with Crippen molar-refractivity contribution in [1.82, 2.24) is 0 Å². The Balaban J connectivity index is 4.45. The Hall–Kier alpha value is -3.15. The first kappa shape index (κ1) is 61.9. The number of esters is 3. The summed E-state index contributed by atoms with van der Waals surface area (Å²) in [6.07, 6.45) is 67.5. The summed E-state index contributed by atoms with van der Waals surface area (Å²) in [5.41, 5.74) is 0. The number of rotatable bonds is 49. The van der Waals surface area contributed by atoms with Crippen molar-refractivity contribution in [3.8, 4) is 0 Å². The van der Waals surface area contributed by atoms with Crippen molar-refractivity contribution in [1.29, 1.82) is 0 Å². The second kappa shape index (κ2) is 53.5. The number of allylic oxidation sites excluding steroid dienone is 12. The maximum atomic E-state index is 12.8. The van der Waals surface area contributed by atoms with E-state index in [2.05, 4.69) is 93.7 Å². The lowest BCUT2D eigenvalue weighted by Gasteiger charge is -2.18. The van der Waals surface area contributed by atoms with E-state index in [9.17, 15) is 14.4 Å². The zero-order chi connectivity index (χ0) is 47.2. The molecule has 0 radical (unpaired) electrons. The Morgan fingerprint density at radius 3 is 1.03 bits per heavy atom. The van der Waals surface area contributed by atoms with E-state index in [1.54, 1.807) is 0 Å². The number of ether oxygens (including phenoxy) is 3. The maximum absolute atomic E-state index is 12.8. The van der Waals surface area contributed by atoms with Gasteiger partial charge in [0.15, 0.2) is 6.10 Å². The normalized spacial score (nSPS) is 12.6. The highest BCUT2D eigenvalue weighted by Gasteiger charge is 2.19. The summed E-state index contributed by atoms with van der Waals surface area (Å²) in [6.45, 7) is 6.47. The molecular formula is C59H102O6. The molecule has 0 fully saturated rings. The number of hydrogen-bond donors (Lipinski definition) is 0. The van der Waals surface area contributed by atoms with Crippen LogP contribution in [0.3, 0.4) is 0 Å². The van der Waals surface area contributed by atoms with Gasteiger partial charge in [-0.25, -0.2) is 0 Å². The van der Waals surface area contributed by atoms with Gasteiger partial charge in [0.2, 0.25) is 0 Å². The molecule has 0 rings (SSSR count). The van der Waals surface area contributed by atoms with E-state index < -0.39 is 6.10 Å². The van der Waals surface area contributed by atoms with Crippen LogP contribution in [-0.2, 0) is 28.6 Å². The fourth-order valence-electron chi connectivity index (χ4n) is 7.59. The Morgan fingerprint density at radius 1 is 0.323 bits per heavy atom. The summed E-state index contributed by atoms with van der Waals surface area (Å²) >= 11 is 0. The SMILES string of the molecule is CC/C=C\C/C=C\C/C=C\C/C=C\C/C=C\CCCC(=O)OCC(COC(=O)CCCCCCC/C=C\CCCCCC)OC(=O)CCCCCCCCCCCCCCCCCCC. The Kier molecular flexibility index (Phi) is 50.9. The van der Waals surface area contributed by atoms with Crippen molar-refractivity contribution in [2.24, 2.45) is 0 Å². The summed E-state index contributed by atoms with van der Waals surface area (Å²) in [6, 6.07) is 0. The van der Waals surface area contributed by atoms with Crippen LogP contribution in [0.25, 0.3) is 0 Å². The van der Waals surface area contributed by atoms with E-state index in [-0.39, 0.29) is 37.5 Å². The Bertz CT molecular complexity index is 1230. The Morgan fingerprint density at radius 2 is 0.615 bits per heavy atom. The molecule has 0 aliphatic carbocycles. The lowest BCUT2D eigenvalue weighted by molar-refractivity contribution is -0.167. The molecule has 0 aromatic heterocycles. The number of carbonyl (C=O) groups excluding carboxylic acids is 3. The first-order valence-corrected chi connectivity index (χ1v) is 27.4. The van der Waals surface area contributed by atoms with Gasteiger partial charge in [0.05, 0.1) is 0 Å². The highest BCUT2D eigenvalue weighted by atomic mass is 16.6. The lowest BCUT2D eigenvalue weighted by atomic mass is 10.0. The molecule has 0 spiro atoms. The third-order valence-electron chi connectivity index (χ3n) is 11.7. The van der Waals surface area contributed by atoms with Crippen molar-refractivity contribution >= 4 is 17.9 Å². The van der Waals surface area contributed by atoms with Gasteiger partial charge in [-0.3, -0.25) is 14.4 Å².